The number of benzene rings is 1. The average molecular weight is 707 g/mol. The number of methoxy groups -OCH3 is 1. The Morgan fingerprint density at radius 1 is 1.04 bits per heavy atom. The fourth-order valence-corrected chi connectivity index (χ4v) is 6.28. The number of nitrogens with zero attached hydrogens (tertiary/aromatic N) is 5. The van der Waals surface area contributed by atoms with Gasteiger partial charge in [0.05, 0.1) is 32.0 Å². The highest BCUT2D eigenvalue weighted by Crippen LogP contribution is 2.48. The van der Waals surface area contributed by atoms with Crippen molar-refractivity contribution in [1.29, 1.82) is 0 Å². The van der Waals surface area contributed by atoms with Crippen molar-refractivity contribution in [2.24, 2.45) is 0 Å². The molecule has 3 atom stereocenters. The number of carbonyl (C=O) groups excluding carboxylic acids is 4. The third-order valence-electron chi connectivity index (χ3n) is 7.81. The van der Waals surface area contributed by atoms with Crippen LogP contribution in [0.4, 0.5) is 10.6 Å². The van der Waals surface area contributed by atoms with Crippen LogP contribution in [0.5, 0.6) is 0 Å². The topological polar surface area (TPSA) is 188 Å². The molecule has 2 aliphatic rings. The molecule has 1 aromatic heterocycles. The predicted octanol–water partition coefficient (Wildman–Crippen LogP) is 2.81. The summed E-state index contributed by atoms with van der Waals surface area (Å²) in [5.41, 5.74) is 0.622. The Morgan fingerprint density at radius 2 is 1.78 bits per heavy atom. The number of aromatic nitrogens is 2. The summed E-state index contributed by atoms with van der Waals surface area (Å²) < 4.78 is 33.8. The first-order valence-electron chi connectivity index (χ1n) is 16.0. The lowest BCUT2D eigenvalue weighted by Gasteiger charge is -2.35. The Kier molecular flexibility index (Phi) is 13.8. The van der Waals surface area contributed by atoms with Gasteiger partial charge in [-0.25, -0.2) is 19.6 Å². The normalized spacial score (nSPS) is 18.3. The second-order valence-electron chi connectivity index (χ2n) is 11.3. The number of nitrogens with one attached hydrogen (secondary N) is 1. The molecule has 49 heavy (non-hydrogen) atoms. The minimum Gasteiger partial charge on any atom is -0.433 e. The van der Waals surface area contributed by atoms with Gasteiger partial charge in [-0.15, -0.1) is 5.06 Å². The maximum absolute atomic E-state index is 13.9. The van der Waals surface area contributed by atoms with Crippen molar-refractivity contribution in [3.05, 3.63) is 42.1 Å². The van der Waals surface area contributed by atoms with Gasteiger partial charge < -0.3 is 34.0 Å². The molecule has 17 nitrogen and oxygen atoms in total. The number of piperazine rings is 1. The molecular formula is C31H43N6O11P. The lowest BCUT2D eigenvalue weighted by molar-refractivity contribution is -0.215. The van der Waals surface area contributed by atoms with Gasteiger partial charge in [-0.05, 0) is 12.8 Å². The monoisotopic (exact) mass is 706 g/mol. The first-order valence-corrected chi connectivity index (χ1v) is 17.7. The Hall–Kier alpha value is -4.15. The van der Waals surface area contributed by atoms with E-state index in [1.165, 1.54) is 16.0 Å². The second-order valence-corrected chi connectivity index (χ2v) is 13.4. The Bertz CT molecular complexity index is 1490. The molecule has 2 saturated heterocycles. The number of amides is 2. The van der Waals surface area contributed by atoms with Gasteiger partial charge in [-0.2, -0.15) is 0 Å². The molecule has 0 spiro atoms. The van der Waals surface area contributed by atoms with E-state index in [-0.39, 0.29) is 50.4 Å². The van der Waals surface area contributed by atoms with Crippen LogP contribution in [-0.4, -0.2) is 122 Å². The molecule has 268 valence electrons. The van der Waals surface area contributed by atoms with E-state index in [1.807, 2.05) is 42.2 Å². The molecule has 0 radical (unpaired) electrons. The van der Waals surface area contributed by atoms with Gasteiger partial charge in [-0.1, -0.05) is 48.4 Å². The summed E-state index contributed by atoms with van der Waals surface area (Å²) in [6, 6.07) is 9.16. The van der Waals surface area contributed by atoms with E-state index in [0.717, 1.165) is 26.9 Å². The standard InChI is InChI=1S/C31H43N6O11P/c1-5-6-18-45-31(41)46-37-16-14-35(15-17-37)30(40)26(21-49(42,44-4)48-47-22(2)38)33-29(39)25-19-27(36-13-12-24(20-36)43-3)34-28(32-25)23-10-8-7-9-11-23/h7-11,19,24,26H,5-6,12-18,20-21H2,1-4H3,(H,33,39)/t24-,26-,49?/m0/s1. The Labute approximate surface area is 284 Å². The third kappa shape index (κ3) is 10.9. The van der Waals surface area contributed by atoms with Gasteiger partial charge in [-0.3, -0.25) is 19.0 Å². The molecule has 1 aromatic carbocycles. The van der Waals surface area contributed by atoms with Crippen LogP contribution in [0.3, 0.4) is 0 Å². The largest absolute Gasteiger partial charge is 0.527 e. The van der Waals surface area contributed by atoms with Crippen LogP contribution < -0.4 is 10.2 Å². The molecule has 1 unspecified atom stereocenters. The molecular weight excluding hydrogens is 663 g/mol. The van der Waals surface area contributed by atoms with Crippen LogP contribution in [-0.2, 0) is 42.6 Å². The number of rotatable bonds is 15. The van der Waals surface area contributed by atoms with Crippen LogP contribution in [0.1, 0.15) is 43.6 Å². The van der Waals surface area contributed by atoms with Crippen molar-refractivity contribution in [1.82, 2.24) is 25.2 Å². The highest BCUT2D eigenvalue weighted by molar-refractivity contribution is 7.53. The van der Waals surface area contributed by atoms with Gasteiger partial charge >= 0.3 is 19.7 Å². The number of unbranched alkanes of at least 4 members (excludes halogenated alkanes) is 1. The smallest absolute Gasteiger partial charge is 0.433 e. The first kappa shape index (κ1) is 37.7. The predicted molar refractivity (Wildman–Crippen MR) is 174 cm³/mol. The van der Waals surface area contributed by atoms with Crippen LogP contribution in [0.2, 0.25) is 0 Å². The maximum atomic E-state index is 13.9. The molecule has 18 heteroatoms. The number of hydrogen-bond acceptors (Lipinski definition) is 15. The van der Waals surface area contributed by atoms with Crippen molar-refractivity contribution < 1.29 is 52.1 Å². The van der Waals surface area contributed by atoms with Crippen LogP contribution in [0.25, 0.3) is 11.4 Å². The zero-order valence-electron chi connectivity index (χ0n) is 28.1. The summed E-state index contributed by atoms with van der Waals surface area (Å²) in [6.07, 6.45) is 0.806. The highest BCUT2D eigenvalue weighted by Gasteiger charge is 2.39. The highest BCUT2D eigenvalue weighted by atomic mass is 31.2. The SMILES string of the molecule is CCCCOC(=O)ON1CCN(C(=O)[C@H](CP(=O)(OC)OOC(C)=O)NC(=O)c2cc(N3CC[C@H](OC)C3)nc(-c3ccccc3)n2)CC1. The van der Waals surface area contributed by atoms with Gasteiger partial charge in [0.25, 0.3) is 5.91 Å². The molecule has 2 amide bonds. The maximum Gasteiger partial charge on any atom is 0.527 e. The van der Waals surface area contributed by atoms with Crippen molar-refractivity contribution in [3.8, 4) is 11.4 Å². The summed E-state index contributed by atoms with van der Waals surface area (Å²) in [4.78, 5) is 73.5. The van der Waals surface area contributed by atoms with E-state index in [9.17, 15) is 23.7 Å². The van der Waals surface area contributed by atoms with E-state index in [2.05, 4.69) is 15.2 Å². The minimum atomic E-state index is -4.26. The van der Waals surface area contributed by atoms with Crippen molar-refractivity contribution in [2.45, 2.75) is 45.3 Å². The molecule has 0 bridgehead atoms. The van der Waals surface area contributed by atoms with E-state index in [0.29, 0.717) is 30.9 Å². The summed E-state index contributed by atoms with van der Waals surface area (Å²) in [7, 11) is -1.56. The molecule has 0 aliphatic carbocycles. The molecule has 2 aliphatic heterocycles. The molecule has 3 heterocycles. The number of hydrogen-bond donors (Lipinski definition) is 1. The Balaban J connectivity index is 1.56. The zero-order chi connectivity index (χ0) is 35.4. The fourth-order valence-electron chi connectivity index (χ4n) is 5.10. The first-order chi connectivity index (χ1) is 23.5. The molecule has 1 N–H and O–H groups in total. The van der Waals surface area contributed by atoms with Gasteiger partial charge in [0, 0.05) is 59.0 Å². The van der Waals surface area contributed by atoms with Gasteiger partial charge in [0.2, 0.25) is 5.91 Å². The van der Waals surface area contributed by atoms with Crippen LogP contribution in [0, 0.1) is 0 Å². The fraction of sp³-hybridized carbons (Fsp3) is 0.548. The van der Waals surface area contributed by atoms with Crippen LogP contribution in [0.15, 0.2) is 36.4 Å². The van der Waals surface area contributed by atoms with E-state index < -0.39 is 43.7 Å². The molecule has 0 saturated carbocycles. The summed E-state index contributed by atoms with van der Waals surface area (Å²) in [5, 5.41) is 4.01. The lowest BCUT2D eigenvalue weighted by Crippen LogP contribution is -2.56. The summed E-state index contributed by atoms with van der Waals surface area (Å²) in [6.45, 7) is 4.93. The number of hydroxylamine groups is 2. The van der Waals surface area contributed by atoms with Gasteiger partial charge in [0.15, 0.2) is 5.82 Å². The minimum absolute atomic E-state index is 0.00704. The lowest BCUT2D eigenvalue weighted by atomic mass is 10.2. The molecule has 4 rings (SSSR count). The van der Waals surface area contributed by atoms with E-state index >= 15 is 0 Å². The van der Waals surface area contributed by atoms with Crippen molar-refractivity contribution >= 4 is 37.4 Å². The summed E-state index contributed by atoms with van der Waals surface area (Å²) >= 11 is 0. The second kappa shape index (κ2) is 18.0. The van der Waals surface area contributed by atoms with Crippen molar-refractivity contribution in [2.75, 3.05) is 71.2 Å². The van der Waals surface area contributed by atoms with Crippen LogP contribution >= 0.6 is 7.60 Å². The quantitative estimate of drug-likeness (QED) is 0.0935. The molecule has 2 aromatic rings. The van der Waals surface area contributed by atoms with E-state index in [1.54, 1.807) is 7.11 Å². The van der Waals surface area contributed by atoms with Gasteiger partial charge in [0.1, 0.15) is 17.6 Å². The zero-order valence-corrected chi connectivity index (χ0v) is 29.0. The number of ether oxygens (including phenoxy) is 2. The average Bonchev–Trinajstić information content (AvgIpc) is 3.60. The van der Waals surface area contributed by atoms with Crippen molar-refractivity contribution in [3.63, 3.8) is 0 Å². The number of anilines is 1. The Morgan fingerprint density at radius 3 is 2.41 bits per heavy atom. The third-order valence-corrected chi connectivity index (χ3v) is 9.48. The summed E-state index contributed by atoms with van der Waals surface area (Å²) in [5.74, 6) is -1.49. The molecule has 2 fully saturated rings. The number of carbonyl (C=O) groups is 4. The van der Waals surface area contributed by atoms with E-state index in [4.69, 9.17) is 28.5 Å².